The van der Waals surface area contributed by atoms with E-state index in [4.69, 9.17) is 0 Å². The van der Waals surface area contributed by atoms with E-state index in [0.717, 1.165) is 24.2 Å². The molecule has 1 aliphatic rings. The number of hydrogen-bond donors (Lipinski definition) is 1. The minimum Gasteiger partial charge on any atom is -0.348 e. The van der Waals surface area contributed by atoms with Gasteiger partial charge in [-0.05, 0) is 24.1 Å². The second-order valence-corrected chi connectivity index (χ2v) is 5.40. The highest BCUT2D eigenvalue weighted by Crippen LogP contribution is 2.21. The van der Waals surface area contributed by atoms with Gasteiger partial charge >= 0.3 is 0 Å². The topological polar surface area (TPSA) is 67.2 Å². The zero-order valence-corrected chi connectivity index (χ0v) is 12.5. The fourth-order valence-electron chi connectivity index (χ4n) is 2.54. The lowest BCUT2D eigenvalue weighted by Crippen LogP contribution is -2.24. The van der Waals surface area contributed by atoms with Crippen LogP contribution in [0.2, 0.25) is 0 Å². The molecule has 0 atom stereocenters. The number of rotatable bonds is 4. The summed E-state index contributed by atoms with van der Waals surface area (Å²) in [6, 6.07) is 7.72. The Morgan fingerprint density at radius 2 is 2.09 bits per heavy atom. The van der Waals surface area contributed by atoms with Crippen molar-refractivity contribution >= 4 is 17.5 Å². The summed E-state index contributed by atoms with van der Waals surface area (Å²) in [6.45, 7) is 1.23. The minimum atomic E-state index is -0.146. The third kappa shape index (κ3) is 3.00. The molecule has 2 aromatic rings. The molecular formula is C16H18N4O2. The van der Waals surface area contributed by atoms with E-state index < -0.39 is 0 Å². The van der Waals surface area contributed by atoms with Gasteiger partial charge in [-0.1, -0.05) is 12.1 Å². The Balaban J connectivity index is 1.59. The quantitative estimate of drug-likeness (QED) is 0.929. The molecule has 1 N–H and O–H groups in total. The van der Waals surface area contributed by atoms with Gasteiger partial charge in [-0.2, -0.15) is 5.10 Å². The first-order chi connectivity index (χ1) is 10.6. The summed E-state index contributed by atoms with van der Waals surface area (Å²) in [4.78, 5) is 25.4. The number of hydrogen-bond acceptors (Lipinski definition) is 3. The van der Waals surface area contributed by atoms with Gasteiger partial charge in [0.15, 0.2) is 0 Å². The Labute approximate surface area is 128 Å². The Morgan fingerprint density at radius 1 is 1.32 bits per heavy atom. The Kier molecular flexibility index (Phi) is 3.91. The fraction of sp³-hybridized carbons (Fsp3) is 0.312. The molecule has 0 saturated carbocycles. The molecule has 2 heterocycles. The van der Waals surface area contributed by atoms with Crippen molar-refractivity contribution in [3.05, 3.63) is 47.8 Å². The number of benzene rings is 1. The van der Waals surface area contributed by atoms with Gasteiger partial charge in [-0.3, -0.25) is 14.3 Å². The predicted octanol–water partition coefficient (Wildman–Crippen LogP) is 1.48. The van der Waals surface area contributed by atoms with Gasteiger partial charge in [0.25, 0.3) is 5.91 Å². The summed E-state index contributed by atoms with van der Waals surface area (Å²) in [6.07, 6.45) is 4.76. The summed E-state index contributed by atoms with van der Waals surface area (Å²) in [5, 5.41) is 6.83. The lowest BCUT2D eigenvalue weighted by atomic mass is 10.2. The maximum atomic E-state index is 11.9. The molecule has 0 bridgehead atoms. The molecule has 3 rings (SSSR count). The van der Waals surface area contributed by atoms with Crippen molar-refractivity contribution in [3.63, 3.8) is 0 Å². The molecule has 6 nitrogen and oxygen atoms in total. The van der Waals surface area contributed by atoms with Crippen molar-refractivity contribution in [2.24, 2.45) is 7.05 Å². The highest BCUT2D eigenvalue weighted by atomic mass is 16.2. The summed E-state index contributed by atoms with van der Waals surface area (Å²) in [5.74, 6) is 0.0320. The third-order valence-electron chi connectivity index (χ3n) is 3.74. The molecule has 0 unspecified atom stereocenters. The van der Waals surface area contributed by atoms with E-state index in [0.29, 0.717) is 18.5 Å². The number of aryl methyl sites for hydroxylation is 1. The van der Waals surface area contributed by atoms with Crippen LogP contribution in [0.5, 0.6) is 0 Å². The molecule has 1 aromatic carbocycles. The number of carbonyl (C=O) groups excluding carboxylic acids is 2. The lowest BCUT2D eigenvalue weighted by Gasteiger charge is -2.16. The maximum absolute atomic E-state index is 11.9. The van der Waals surface area contributed by atoms with Crippen LogP contribution >= 0.6 is 0 Å². The van der Waals surface area contributed by atoms with Gasteiger partial charge in [0.1, 0.15) is 0 Å². The molecule has 0 aliphatic carbocycles. The van der Waals surface area contributed by atoms with E-state index in [-0.39, 0.29) is 11.8 Å². The third-order valence-corrected chi connectivity index (χ3v) is 3.74. The van der Waals surface area contributed by atoms with Crippen LogP contribution in [0.3, 0.4) is 0 Å². The van der Waals surface area contributed by atoms with E-state index >= 15 is 0 Å². The van der Waals surface area contributed by atoms with Crippen molar-refractivity contribution in [2.45, 2.75) is 19.4 Å². The normalized spacial score (nSPS) is 14.4. The van der Waals surface area contributed by atoms with Crippen LogP contribution in [0.4, 0.5) is 5.69 Å². The van der Waals surface area contributed by atoms with Crippen LogP contribution in [-0.4, -0.2) is 28.1 Å². The van der Waals surface area contributed by atoms with Gasteiger partial charge in [0.05, 0.1) is 11.8 Å². The molecule has 6 heteroatoms. The second-order valence-electron chi connectivity index (χ2n) is 5.40. The van der Waals surface area contributed by atoms with E-state index in [1.54, 1.807) is 22.8 Å². The van der Waals surface area contributed by atoms with E-state index in [1.807, 2.05) is 24.3 Å². The molecule has 2 amide bonds. The Hall–Kier alpha value is -2.63. The number of anilines is 1. The minimum absolute atomic E-state index is 0.146. The number of carbonyl (C=O) groups is 2. The average molecular weight is 298 g/mol. The van der Waals surface area contributed by atoms with Crippen LogP contribution in [-0.2, 0) is 18.4 Å². The molecule has 22 heavy (non-hydrogen) atoms. The standard InChI is InChI=1S/C16H18N4O2/c1-19-11-13(10-18-19)16(22)17-9-12-4-6-14(7-5-12)20-8-2-3-15(20)21/h4-7,10-11H,2-3,8-9H2,1H3,(H,17,22). The SMILES string of the molecule is Cn1cc(C(=O)NCc2ccc(N3CCCC3=O)cc2)cn1. The number of nitrogens with one attached hydrogen (secondary N) is 1. The molecule has 1 fully saturated rings. The molecule has 114 valence electrons. The van der Waals surface area contributed by atoms with Gasteiger partial charge in [-0.25, -0.2) is 0 Å². The highest BCUT2D eigenvalue weighted by Gasteiger charge is 2.21. The van der Waals surface area contributed by atoms with Crippen molar-refractivity contribution in [1.29, 1.82) is 0 Å². The average Bonchev–Trinajstić information content (AvgIpc) is 3.14. The maximum Gasteiger partial charge on any atom is 0.254 e. The first kappa shape index (κ1) is 14.3. The van der Waals surface area contributed by atoms with Crippen LogP contribution in [0.1, 0.15) is 28.8 Å². The fourth-order valence-corrected chi connectivity index (χ4v) is 2.54. The van der Waals surface area contributed by atoms with Crippen molar-refractivity contribution in [2.75, 3.05) is 11.4 Å². The largest absolute Gasteiger partial charge is 0.348 e. The van der Waals surface area contributed by atoms with E-state index in [1.165, 1.54) is 6.20 Å². The number of amides is 2. The molecule has 1 aromatic heterocycles. The van der Waals surface area contributed by atoms with Gasteiger partial charge < -0.3 is 10.2 Å². The zero-order chi connectivity index (χ0) is 15.5. The van der Waals surface area contributed by atoms with Crippen LogP contribution < -0.4 is 10.2 Å². The summed E-state index contributed by atoms with van der Waals surface area (Å²) in [5.41, 5.74) is 2.46. The molecule has 1 saturated heterocycles. The number of aromatic nitrogens is 2. The lowest BCUT2D eigenvalue weighted by molar-refractivity contribution is -0.117. The van der Waals surface area contributed by atoms with Crippen LogP contribution in [0, 0.1) is 0 Å². The van der Waals surface area contributed by atoms with Gasteiger partial charge in [0, 0.05) is 38.4 Å². The first-order valence-electron chi connectivity index (χ1n) is 7.29. The van der Waals surface area contributed by atoms with Crippen LogP contribution in [0.25, 0.3) is 0 Å². The monoisotopic (exact) mass is 298 g/mol. The number of nitrogens with zero attached hydrogens (tertiary/aromatic N) is 3. The highest BCUT2D eigenvalue weighted by molar-refractivity contribution is 5.95. The van der Waals surface area contributed by atoms with E-state index in [9.17, 15) is 9.59 Å². The molecule has 1 aliphatic heterocycles. The van der Waals surface area contributed by atoms with Crippen molar-refractivity contribution in [1.82, 2.24) is 15.1 Å². The zero-order valence-electron chi connectivity index (χ0n) is 12.5. The van der Waals surface area contributed by atoms with Crippen molar-refractivity contribution in [3.8, 4) is 0 Å². The smallest absolute Gasteiger partial charge is 0.254 e. The molecular weight excluding hydrogens is 280 g/mol. The molecule has 0 radical (unpaired) electrons. The molecule has 0 spiro atoms. The Morgan fingerprint density at radius 3 is 2.68 bits per heavy atom. The predicted molar refractivity (Wildman–Crippen MR) is 82.4 cm³/mol. The van der Waals surface area contributed by atoms with Gasteiger partial charge in [-0.15, -0.1) is 0 Å². The van der Waals surface area contributed by atoms with Gasteiger partial charge in [0.2, 0.25) is 5.91 Å². The van der Waals surface area contributed by atoms with E-state index in [2.05, 4.69) is 10.4 Å². The summed E-state index contributed by atoms with van der Waals surface area (Å²) in [7, 11) is 1.77. The Bertz CT molecular complexity index is 690. The second kappa shape index (κ2) is 6.01. The summed E-state index contributed by atoms with van der Waals surface area (Å²) >= 11 is 0. The summed E-state index contributed by atoms with van der Waals surface area (Å²) < 4.78 is 1.59. The van der Waals surface area contributed by atoms with Crippen LogP contribution in [0.15, 0.2) is 36.7 Å². The van der Waals surface area contributed by atoms with Crippen molar-refractivity contribution < 1.29 is 9.59 Å². The first-order valence-corrected chi connectivity index (χ1v) is 7.29.